The zero-order valence-corrected chi connectivity index (χ0v) is 13.9. The third-order valence-electron chi connectivity index (χ3n) is 3.41. The molecule has 2 rings (SSSR count). The number of carbonyl (C=O) groups excluding carboxylic acids is 2. The summed E-state index contributed by atoms with van der Waals surface area (Å²) in [6.45, 7) is 8.89. The van der Waals surface area contributed by atoms with Crippen LogP contribution in [0.15, 0.2) is 22.7 Å². The maximum absolute atomic E-state index is 12.3. The fraction of sp³-hybridized carbons (Fsp3) is 0.353. The Kier molecular flexibility index (Phi) is 4.83. The van der Waals surface area contributed by atoms with Gasteiger partial charge in [-0.1, -0.05) is 22.9 Å². The van der Waals surface area contributed by atoms with Crippen molar-refractivity contribution in [3.63, 3.8) is 0 Å². The summed E-state index contributed by atoms with van der Waals surface area (Å²) in [5, 5.41) is 6.20. The van der Waals surface area contributed by atoms with E-state index in [2.05, 4.69) is 10.5 Å². The number of hydrogen-bond acceptors (Lipinski definition) is 5. The van der Waals surface area contributed by atoms with Crippen LogP contribution >= 0.6 is 0 Å². The molecule has 0 radical (unpaired) electrons. The summed E-state index contributed by atoms with van der Waals surface area (Å²) in [4.78, 5) is 24.4. The molecule has 0 spiro atoms. The first-order valence-corrected chi connectivity index (χ1v) is 7.31. The Balaban J connectivity index is 2.06. The van der Waals surface area contributed by atoms with Crippen LogP contribution in [-0.4, -0.2) is 23.1 Å². The number of nitrogens with one attached hydrogen (secondary N) is 1. The first-order valence-electron chi connectivity index (χ1n) is 7.31. The van der Waals surface area contributed by atoms with E-state index in [9.17, 15) is 9.59 Å². The molecular formula is C17H20N2O4. The summed E-state index contributed by atoms with van der Waals surface area (Å²) in [7, 11) is 0. The van der Waals surface area contributed by atoms with Gasteiger partial charge in [-0.2, -0.15) is 0 Å². The quantitative estimate of drug-likeness (QED) is 0.877. The monoisotopic (exact) mass is 316 g/mol. The van der Waals surface area contributed by atoms with Gasteiger partial charge in [-0.05, 0) is 45.7 Å². The van der Waals surface area contributed by atoms with Crippen molar-refractivity contribution in [2.45, 2.75) is 40.7 Å². The molecule has 1 aromatic carbocycles. The van der Waals surface area contributed by atoms with Crippen LogP contribution in [0.1, 0.15) is 39.7 Å². The molecule has 1 unspecified atom stereocenters. The van der Waals surface area contributed by atoms with E-state index in [-0.39, 0.29) is 5.82 Å². The molecule has 1 N–H and O–H groups in total. The molecular weight excluding hydrogens is 296 g/mol. The number of nitrogens with zero attached hydrogens (tertiary/aromatic N) is 1. The lowest BCUT2D eigenvalue weighted by Gasteiger charge is -2.15. The molecule has 0 saturated carbocycles. The summed E-state index contributed by atoms with van der Waals surface area (Å²) in [5.41, 5.74) is 3.22. The van der Waals surface area contributed by atoms with E-state index >= 15 is 0 Å². The Morgan fingerprint density at radius 3 is 2.26 bits per heavy atom. The van der Waals surface area contributed by atoms with Gasteiger partial charge < -0.3 is 14.6 Å². The fourth-order valence-corrected chi connectivity index (χ4v) is 2.43. The molecule has 1 atom stereocenters. The van der Waals surface area contributed by atoms with E-state index < -0.39 is 18.0 Å². The van der Waals surface area contributed by atoms with Gasteiger partial charge >= 0.3 is 5.97 Å². The van der Waals surface area contributed by atoms with E-state index in [0.29, 0.717) is 11.3 Å². The number of carbonyl (C=O) groups is 2. The Bertz CT molecular complexity index is 726. The lowest BCUT2D eigenvalue weighted by atomic mass is 10.00. The highest BCUT2D eigenvalue weighted by molar-refractivity contribution is 5.98. The van der Waals surface area contributed by atoms with Crippen molar-refractivity contribution in [1.29, 1.82) is 0 Å². The zero-order chi connectivity index (χ0) is 17.1. The van der Waals surface area contributed by atoms with Gasteiger partial charge in [0.05, 0.1) is 5.56 Å². The normalized spacial score (nSPS) is 11.9. The standard InChI is InChI=1S/C17H20N2O4/c1-9-6-10(2)15(11(3)7-9)17(21)22-13(5)16(20)18-14-8-12(4)23-19-14/h6-8,13H,1-5H3,(H,18,19,20). The third kappa shape index (κ3) is 3.97. The number of aromatic nitrogens is 1. The van der Waals surface area contributed by atoms with Crippen LogP contribution in [0.2, 0.25) is 0 Å². The summed E-state index contributed by atoms with van der Waals surface area (Å²) < 4.78 is 10.1. The molecule has 1 aromatic heterocycles. The molecule has 1 heterocycles. The second kappa shape index (κ2) is 6.64. The number of hydrogen-bond donors (Lipinski definition) is 1. The van der Waals surface area contributed by atoms with E-state index in [4.69, 9.17) is 9.26 Å². The van der Waals surface area contributed by atoms with Crippen molar-refractivity contribution in [3.8, 4) is 0 Å². The largest absolute Gasteiger partial charge is 0.449 e. The number of aryl methyl sites for hydroxylation is 4. The number of anilines is 1. The van der Waals surface area contributed by atoms with Crippen molar-refractivity contribution in [3.05, 3.63) is 46.2 Å². The smallest absolute Gasteiger partial charge is 0.339 e. The molecule has 2 aromatic rings. The van der Waals surface area contributed by atoms with E-state index in [1.54, 1.807) is 13.0 Å². The van der Waals surface area contributed by atoms with Crippen LogP contribution in [0.3, 0.4) is 0 Å². The predicted molar refractivity (Wildman–Crippen MR) is 85.4 cm³/mol. The maximum Gasteiger partial charge on any atom is 0.339 e. The molecule has 0 fully saturated rings. The second-order valence-electron chi connectivity index (χ2n) is 5.63. The van der Waals surface area contributed by atoms with Crippen molar-refractivity contribution >= 4 is 17.7 Å². The van der Waals surface area contributed by atoms with Gasteiger partial charge in [0.15, 0.2) is 11.9 Å². The average molecular weight is 316 g/mol. The van der Waals surface area contributed by atoms with Crippen LogP contribution in [-0.2, 0) is 9.53 Å². The third-order valence-corrected chi connectivity index (χ3v) is 3.41. The van der Waals surface area contributed by atoms with Gasteiger partial charge in [-0.25, -0.2) is 4.79 Å². The first-order chi connectivity index (χ1) is 10.8. The molecule has 6 heteroatoms. The fourth-order valence-electron chi connectivity index (χ4n) is 2.43. The molecule has 23 heavy (non-hydrogen) atoms. The second-order valence-corrected chi connectivity index (χ2v) is 5.63. The summed E-state index contributed by atoms with van der Waals surface area (Å²) in [6, 6.07) is 5.40. The number of amides is 1. The van der Waals surface area contributed by atoms with Gasteiger partial charge in [0.25, 0.3) is 5.91 Å². The SMILES string of the molecule is Cc1cc(C)c(C(=O)OC(C)C(=O)Nc2cc(C)on2)c(C)c1. The van der Waals surface area contributed by atoms with Crippen molar-refractivity contribution in [2.24, 2.45) is 0 Å². The molecule has 122 valence electrons. The lowest BCUT2D eigenvalue weighted by Crippen LogP contribution is -2.30. The minimum atomic E-state index is -0.945. The molecule has 6 nitrogen and oxygen atoms in total. The minimum Gasteiger partial charge on any atom is -0.449 e. The Hall–Kier alpha value is -2.63. The Labute approximate surface area is 134 Å². The number of rotatable bonds is 4. The van der Waals surface area contributed by atoms with Gasteiger partial charge in [-0.15, -0.1) is 0 Å². The highest BCUT2D eigenvalue weighted by Gasteiger charge is 2.22. The van der Waals surface area contributed by atoms with E-state index in [1.165, 1.54) is 6.92 Å². The van der Waals surface area contributed by atoms with Crippen molar-refractivity contribution < 1.29 is 18.8 Å². The zero-order valence-electron chi connectivity index (χ0n) is 13.9. The summed E-state index contributed by atoms with van der Waals surface area (Å²) >= 11 is 0. The number of benzene rings is 1. The van der Waals surface area contributed by atoms with Gasteiger partial charge in [0.2, 0.25) is 0 Å². The van der Waals surface area contributed by atoms with Crippen LogP contribution in [0, 0.1) is 27.7 Å². The van der Waals surface area contributed by atoms with Gasteiger partial charge in [0, 0.05) is 6.07 Å². The maximum atomic E-state index is 12.3. The average Bonchev–Trinajstić information content (AvgIpc) is 2.82. The molecule has 0 bridgehead atoms. The molecule has 1 amide bonds. The number of ether oxygens (including phenoxy) is 1. The first kappa shape index (κ1) is 16.7. The van der Waals surface area contributed by atoms with Crippen molar-refractivity contribution in [2.75, 3.05) is 5.32 Å². The van der Waals surface area contributed by atoms with E-state index in [1.807, 2.05) is 32.9 Å². The summed E-state index contributed by atoms with van der Waals surface area (Å²) in [6.07, 6.45) is -0.945. The van der Waals surface area contributed by atoms with E-state index in [0.717, 1.165) is 16.7 Å². The highest BCUT2D eigenvalue weighted by Crippen LogP contribution is 2.18. The molecule has 0 aliphatic carbocycles. The highest BCUT2D eigenvalue weighted by atomic mass is 16.5. The van der Waals surface area contributed by atoms with Crippen LogP contribution in [0.4, 0.5) is 5.82 Å². The predicted octanol–water partition coefficient (Wildman–Crippen LogP) is 3.09. The molecule has 0 aliphatic heterocycles. The van der Waals surface area contributed by atoms with Gasteiger partial charge in [0.1, 0.15) is 5.76 Å². The Morgan fingerprint density at radius 2 is 1.74 bits per heavy atom. The van der Waals surface area contributed by atoms with Crippen LogP contribution < -0.4 is 5.32 Å². The van der Waals surface area contributed by atoms with Gasteiger partial charge in [-0.3, -0.25) is 4.79 Å². The van der Waals surface area contributed by atoms with Crippen molar-refractivity contribution in [1.82, 2.24) is 5.16 Å². The number of esters is 1. The summed E-state index contributed by atoms with van der Waals surface area (Å²) in [5.74, 6) is -0.109. The minimum absolute atomic E-state index is 0.290. The van der Waals surface area contributed by atoms with Crippen LogP contribution in [0.5, 0.6) is 0 Å². The Morgan fingerprint density at radius 1 is 1.13 bits per heavy atom. The van der Waals surface area contributed by atoms with Crippen LogP contribution in [0.25, 0.3) is 0 Å². The lowest BCUT2D eigenvalue weighted by molar-refractivity contribution is -0.123. The molecule has 0 aliphatic rings. The topological polar surface area (TPSA) is 81.4 Å². The molecule has 0 saturated heterocycles.